The van der Waals surface area contributed by atoms with E-state index >= 15 is 0 Å². The minimum absolute atomic E-state index is 0.0687. The predicted molar refractivity (Wildman–Crippen MR) is 78.1 cm³/mol. The molecule has 0 aliphatic heterocycles. The highest BCUT2D eigenvalue weighted by atomic mass is 32.2. The number of rotatable bonds is 7. The molecule has 1 aromatic rings. The fraction of sp³-hybridized carbons (Fsp3) is 0.538. The van der Waals surface area contributed by atoms with Crippen molar-refractivity contribution in [2.24, 2.45) is 0 Å². The molecule has 1 amide bonds. The van der Waals surface area contributed by atoms with E-state index in [0.29, 0.717) is 0 Å². The van der Waals surface area contributed by atoms with E-state index in [1.165, 1.54) is 27.1 Å². The fourth-order valence-corrected chi connectivity index (χ4v) is 2.79. The molecule has 2 N–H and O–H groups in total. The summed E-state index contributed by atoms with van der Waals surface area (Å²) in [5.41, 5.74) is 0. The van der Waals surface area contributed by atoms with E-state index in [0.717, 1.165) is 4.31 Å². The minimum Gasteiger partial charge on any atom is -0.481 e. The number of carboxylic acids is 1. The van der Waals surface area contributed by atoms with Crippen LogP contribution in [0, 0.1) is 6.92 Å². The summed E-state index contributed by atoms with van der Waals surface area (Å²) < 4.78 is 30.3. The maximum atomic E-state index is 12.1. The first-order valence-electron chi connectivity index (χ1n) is 6.61. The molecular weight excluding hydrogens is 312 g/mol. The zero-order chi connectivity index (χ0) is 17.1. The Morgan fingerprint density at radius 1 is 1.41 bits per heavy atom. The lowest BCUT2D eigenvalue weighted by Crippen LogP contribution is -2.32. The summed E-state index contributed by atoms with van der Waals surface area (Å²) in [6.45, 7) is 3.12. The van der Waals surface area contributed by atoms with Crippen molar-refractivity contribution in [3.05, 3.63) is 17.6 Å². The van der Waals surface area contributed by atoms with Crippen molar-refractivity contribution in [1.29, 1.82) is 0 Å². The molecule has 1 unspecified atom stereocenters. The van der Waals surface area contributed by atoms with Crippen LogP contribution in [-0.2, 0) is 14.8 Å². The predicted octanol–water partition coefficient (Wildman–Crippen LogP) is 0.821. The number of nitrogens with one attached hydrogen (secondary N) is 1. The van der Waals surface area contributed by atoms with Crippen LogP contribution in [0.5, 0.6) is 0 Å². The number of hydrogen-bond acceptors (Lipinski definition) is 5. The van der Waals surface area contributed by atoms with Gasteiger partial charge in [-0.05, 0) is 20.3 Å². The number of aryl methyl sites for hydroxylation is 1. The van der Waals surface area contributed by atoms with E-state index in [2.05, 4.69) is 5.32 Å². The van der Waals surface area contributed by atoms with Crippen LogP contribution >= 0.6 is 0 Å². The number of carboxylic acid groups (broad SMARTS) is 1. The summed E-state index contributed by atoms with van der Waals surface area (Å²) in [5.74, 6) is -1.53. The number of nitrogens with zero attached hydrogens (tertiary/aromatic N) is 1. The summed E-state index contributed by atoms with van der Waals surface area (Å²) in [7, 11) is -0.919. The van der Waals surface area contributed by atoms with Crippen LogP contribution in [0.4, 0.5) is 0 Å². The van der Waals surface area contributed by atoms with E-state index < -0.39 is 21.9 Å². The zero-order valence-corrected chi connectivity index (χ0v) is 13.7. The molecule has 1 heterocycles. The molecule has 124 valence electrons. The Bertz CT molecular complexity index is 662. The molecule has 0 saturated carbocycles. The second-order valence-electron chi connectivity index (χ2n) is 5.13. The van der Waals surface area contributed by atoms with Gasteiger partial charge in [-0.2, -0.15) is 0 Å². The number of hydrogen-bond donors (Lipinski definition) is 2. The molecular formula is C13H20N2O6S. The van der Waals surface area contributed by atoms with Gasteiger partial charge in [-0.3, -0.25) is 9.59 Å². The van der Waals surface area contributed by atoms with Crippen molar-refractivity contribution in [3.8, 4) is 0 Å². The zero-order valence-electron chi connectivity index (χ0n) is 12.9. The van der Waals surface area contributed by atoms with E-state index in [4.69, 9.17) is 9.52 Å². The van der Waals surface area contributed by atoms with Crippen LogP contribution in [0.3, 0.4) is 0 Å². The first-order valence-corrected chi connectivity index (χ1v) is 8.05. The Hall–Kier alpha value is -1.87. The van der Waals surface area contributed by atoms with Gasteiger partial charge >= 0.3 is 5.97 Å². The number of amides is 1. The molecule has 9 heteroatoms. The Balaban J connectivity index is 2.87. The van der Waals surface area contributed by atoms with Gasteiger partial charge in [-0.15, -0.1) is 0 Å². The van der Waals surface area contributed by atoms with E-state index in [1.807, 2.05) is 0 Å². The third-order valence-corrected chi connectivity index (χ3v) is 4.95. The van der Waals surface area contributed by atoms with Crippen LogP contribution in [-0.4, -0.2) is 49.8 Å². The van der Waals surface area contributed by atoms with Gasteiger partial charge in [0.05, 0.1) is 0 Å². The third kappa shape index (κ3) is 4.31. The van der Waals surface area contributed by atoms with Gasteiger partial charge < -0.3 is 14.8 Å². The van der Waals surface area contributed by atoms with Crippen LogP contribution < -0.4 is 5.32 Å². The number of carbonyl (C=O) groups is 2. The Kier molecular flexibility index (Phi) is 5.72. The van der Waals surface area contributed by atoms with Crippen molar-refractivity contribution in [2.75, 3.05) is 14.1 Å². The van der Waals surface area contributed by atoms with Gasteiger partial charge in [0.25, 0.3) is 5.91 Å². The van der Waals surface area contributed by atoms with Gasteiger partial charge in [0.1, 0.15) is 10.7 Å². The monoisotopic (exact) mass is 332 g/mol. The van der Waals surface area contributed by atoms with E-state index in [1.54, 1.807) is 6.92 Å². The van der Waals surface area contributed by atoms with Gasteiger partial charge in [0, 0.05) is 32.6 Å². The lowest BCUT2D eigenvalue weighted by molar-refractivity contribution is -0.137. The number of sulfonamides is 1. The second-order valence-corrected chi connectivity index (χ2v) is 7.25. The van der Waals surface area contributed by atoms with Crippen molar-refractivity contribution in [1.82, 2.24) is 9.62 Å². The molecule has 0 saturated heterocycles. The summed E-state index contributed by atoms with van der Waals surface area (Å²) in [5, 5.41) is 11.2. The van der Waals surface area contributed by atoms with E-state index in [-0.39, 0.29) is 35.3 Å². The minimum atomic E-state index is -3.69. The Morgan fingerprint density at radius 3 is 2.50 bits per heavy atom. The van der Waals surface area contributed by atoms with Crippen molar-refractivity contribution in [3.63, 3.8) is 0 Å². The summed E-state index contributed by atoms with van der Waals surface area (Å²) in [6.07, 6.45) is 0.197. The quantitative estimate of drug-likeness (QED) is 0.763. The summed E-state index contributed by atoms with van der Waals surface area (Å²) in [6, 6.07) is 0.798. The maximum Gasteiger partial charge on any atom is 0.303 e. The number of aliphatic carboxylic acids is 1. The van der Waals surface area contributed by atoms with Crippen molar-refractivity contribution >= 4 is 21.9 Å². The molecule has 8 nitrogen and oxygen atoms in total. The average molecular weight is 332 g/mol. The second kappa shape index (κ2) is 6.93. The standard InChI is InChI=1S/C13H20N2O6S/c1-8(5-6-12(16)17)14-13(18)10-7-11(9(2)21-10)22(19,20)15(3)4/h7-8H,5-6H2,1-4H3,(H,14,18)(H,16,17). The molecule has 0 fully saturated rings. The average Bonchev–Trinajstić information content (AvgIpc) is 2.79. The molecule has 1 rings (SSSR count). The Morgan fingerprint density at radius 2 is 2.00 bits per heavy atom. The molecule has 0 aliphatic carbocycles. The topological polar surface area (TPSA) is 117 Å². The highest BCUT2D eigenvalue weighted by Crippen LogP contribution is 2.22. The van der Waals surface area contributed by atoms with Gasteiger partial charge in [0.15, 0.2) is 5.76 Å². The highest BCUT2D eigenvalue weighted by Gasteiger charge is 2.26. The SMILES string of the molecule is Cc1oc(C(=O)NC(C)CCC(=O)O)cc1S(=O)(=O)N(C)C. The van der Waals surface area contributed by atoms with Crippen molar-refractivity contribution < 1.29 is 27.5 Å². The van der Waals surface area contributed by atoms with Gasteiger partial charge in [0.2, 0.25) is 10.0 Å². The molecule has 0 aromatic carbocycles. The first-order chi connectivity index (χ1) is 10.1. The highest BCUT2D eigenvalue weighted by molar-refractivity contribution is 7.89. The number of furan rings is 1. The number of carbonyl (C=O) groups excluding carboxylic acids is 1. The molecule has 0 radical (unpaired) electrons. The molecule has 0 bridgehead atoms. The third-order valence-electron chi connectivity index (χ3n) is 3.02. The summed E-state index contributed by atoms with van der Waals surface area (Å²) >= 11 is 0. The van der Waals surface area contributed by atoms with Crippen molar-refractivity contribution in [2.45, 2.75) is 37.6 Å². The first kappa shape index (κ1) is 18.2. The van der Waals surface area contributed by atoms with Crippen LogP contribution in [0.1, 0.15) is 36.1 Å². The van der Waals surface area contributed by atoms with Gasteiger partial charge in [-0.1, -0.05) is 0 Å². The largest absolute Gasteiger partial charge is 0.481 e. The van der Waals surface area contributed by atoms with Crippen LogP contribution in [0.25, 0.3) is 0 Å². The maximum absolute atomic E-state index is 12.1. The Labute approximate surface area is 129 Å². The smallest absolute Gasteiger partial charge is 0.303 e. The molecule has 1 aromatic heterocycles. The lowest BCUT2D eigenvalue weighted by Gasteiger charge is -2.11. The van der Waals surface area contributed by atoms with Crippen LogP contribution in [0.15, 0.2) is 15.4 Å². The molecule has 1 atom stereocenters. The van der Waals surface area contributed by atoms with Crippen LogP contribution in [0.2, 0.25) is 0 Å². The fourth-order valence-electron chi connectivity index (χ4n) is 1.74. The normalized spacial score (nSPS) is 13.1. The van der Waals surface area contributed by atoms with E-state index in [9.17, 15) is 18.0 Å². The van der Waals surface area contributed by atoms with Gasteiger partial charge in [-0.25, -0.2) is 12.7 Å². The molecule has 22 heavy (non-hydrogen) atoms. The lowest BCUT2D eigenvalue weighted by atomic mass is 10.2. The molecule has 0 spiro atoms. The summed E-state index contributed by atoms with van der Waals surface area (Å²) in [4.78, 5) is 22.4. The molecule has 0 aliphatic rings.